The van der Waals surface area contributed by atoms with Crippen LogP contribution >= 0.6 is 11.8 Å². The van der Waals surface area contributed by atoms with Crippen LogP contribution < -0.4 is 10.9 Å². The number of fused-ring (bicyclic) bond motifs is 1. The fourth-order valence-electron chi connectivity index (χ4n) is 2.95. The van der Waals surface area contributed by atoms with Gasteiger partial charge in [0.1, 0.15) is 0 Å². The largest absolute Gasteiger partial charge is 0.355 e. The summed E-state index contributed by atoms with van der Waals surface area (Å²) < 4.78 is 1.69. The van der Waals surface area contributed by atoms with Crippen LogP contribution in [-0.2, 0) is 4.79 Å². The lowest BCUT2D eigenvalue weighted by Gasteiger charge is -2.20. The maximum Gasteiger partial charge on any atom is 0.262 e. The topological polar surface area (TPSA) is 64.0 Å². The second-order valence-electron chi connectivity index (χ2n) is 7.16. The Bertz CT molecular complexity index is 1020. The molecule has 3 aromatic rings. The minimum Gasteiger partial charge on any atom is -0.355 e. The molecule has 0 radical (unpaired) electrons. The molecular weight excluding hydrogens is 370 g/mol. The van der Waals surface area contributed by atoms with E-state index in [1.807, 2.05) is 55.5 Å². The maximum atomic E-state index is 13.2. The lowest BCUT2D eigenvalue weighted by molar-refractivity contribution is -0.118. The molecule has 5 nitrogen and oxygen atoms in total. The van der Waals surface area contributed by atoms with Crippen LogP contribution in [0.15, 0.2) is 64.5 Å². The molecule has 1 N–H and O–H groups in total. The minimum atomic E-state index is -0.188. The number of hydrogen-bond acceptors (Lipinski definition) is 4. The molecular formula is C22H25N3O2S. The second-order valence-corrected chi connectivity index (χ2v) is 8.10. The third-order valence-electron chi connectivity index (χ3n) is 4.48. The zero-order valence-corrected chi connectivity index (χ0v) is 17.2. The quantitative estimate of drug-likeness (QED) is 0.487. The summed E-state index contributed by atoms with van der Waals surface area (Å²) in [5.41, 5.74) is 1.58. The van der Waals surface area contributed by atoms with Crippen molar-refractivity contribution in [1.82, 2.24) is 14.9 Å². The summed E-state index contributed by atoms with van der Waals surface area (Å²) in [6, 6.07) is 17.0. The fourth-order valence-corrected chi connectivity index (χ4v) is 3.85. The Morgan fingerprint density at radius 1 is 1.07 bits per heavy atom. The smallest absolute Gasteiger partial charge is 0.262 e. The molecule has 0 bridgehead atoms. The molecule has 2 aromatic carbocycles. The Labute approximate surface area is 169 Å². The molecule has 0 spiro atoms. The Morgan fingerprint density at radius 2 is 1.75 bits per heavy atom. The number of hydrogen-bond donors (Lipinski definition) is 1. The van der Waals surface area contributed by atoms with Crippen LogP contribution in [0, 0.1) is 5.92 Å². The third kappa shape index (κ3) is 4.62. The van der Waals surface area contributed by atoms with Crippen molar-refractivity contribution < 1.29 is 4.79 Å². The number of rotatable bonds is 7. The van der Waals surface area contributed by atoms with E-state index in [1.165, 1.54) is 11.8 Å². The number of nitrogens with zero attached hydrogens (tertiary/aromatic N) is 2. The second kappa shape index (κ2) is 9.06. The number of thioether (sulfide) groups is 1. The van der Waals surface area contributed by atoms with Crippen LogP contribution in [0.1, 0.15) is 32.4 Å². The predicted molar refractivity (Wildman–Crippen MR) is 115 cm³/mol. The summed E-state index contributed by atoms with van der Waals surface area (Å²) in [7, 11) is 0. The van der Waals surface area contributed by atoms with Gasteiger partial charge < -0.3 is 5.32 Å². The fraction of sp³-hybridized carbons (Fsp3) is 0.318. The lowest BCUT2D eigenvalue weighted by Crippen LogP contribution is -2.30. The third-order valence-corrected chi connectivity index (χ3v) is 5.44. The van der Waals surface area contributed by atoms with E-state index in [2.05, 4.69) is 19.2 Å². The van der Waals surface area contributed by atoms with E-state index in [9.17, 15) is 9.59 Å². The molecule has 0 aliphatic carbocycles. The standard InChI is InChI=1S/C22H25N3O2S/c1-15(2)13-23-20(26)14-28-22-24-19-12-8-7-11-18(19)21(27)25(22)16(3)17-9-5-4-6-10-17/h4-12,15-16H,13-14H2,1-3H3,(H,23,26)/t16-/m1/s1. The maximum absolute atomic E-state index is 13.2. The van der Waals surface area contributed by atoms with Crippen molar-refractivity contribution in [2.45, 2.75) is 32.0 Å². The van der Waals surface area contributed by atoms with E-state index in [0.717, 1.165) is 5.56 Å². The van der Waals surface area contributed by atoms with Crippen LogP contribution in [0.4, 0.5) is 0 Å². The Morgan fingerprint density at radius 3 is 2.46 bits per heavy atom. The van der Waals surface area contributed by atoms with E-state index in [0.29, 0.717) is 28.5 Å². The van der Waals surface area contributed by atoms with Gasteiger partial charge in [0, 0.05) is 6.54 Å². The highest BCUT2D eigenvalue weighted by molar-refractivity contribution is 7.99. The summed E-state index contributed by atoms with van der Waals surface area (Å²) in [6.07, 6.45) is 0. The number of aromatic nitrogens is 2. The van der Waals surface area contributed by atoms with Gasteiger partial charge in [-0.15, -0.1) is 0 Å². The lowest BCUT2D eigenvalue weighted by atomic mass is 10.1. The summed E-state index contributed by atoms with van der Waals surface area (Å²) in [4.78, 5) is 30.1. The minimum absolute atomic E-state index is 0.0555. The van der Waals surface area contributed by atoms with E-state index in [1.54, 1.807) is 10.6 Å². The van der Waals surface area contributed by atoms with Gasteiger partial charge in [-0.2, -0.15) is 0 Å². The molecule has 28 heavy (non-hydrogen) atoms. The van der Waals surface area contributed by atoms with Crippen molar-refractivity contribution in [2.75, 3.05) is 12.3 Å². The molecule has 0 saturated carbocycles. The summed E-state index contributed by atoms with van der Waals surface area (Å²) in [5.74, 6) is 0.558. The van der Waals surface area contributed by atoms with Crippen LogP contribution in [0.2, 0.25) is 0 Å². The molecule has 0 saturated heterocycles. The van der Waals surface area contributed by atoms with Gasteiger partial charge >= 0.3 is 0 Å². The van der Waals surface area contributed by atoms with E-state index >= 15 is 0 Å². The SMILES string of the molecule is CC(C)CNC(=O)CSc1nc2ccccc2c(=O)n1[C@H](C)c1ccccc1. The number of carbonyl (C=O) groups is 1. The number of amides is 1. The zero-order valence-electron chi connectivity index (χ0n) is 16.4. The summed E-state index contributed by atoms with van der Waals surface area (Å²) in [5, 5.41) is 4.05. The van der Waals surface area contributed by atoms with Crippen molar-refractivity contribution in [2.24, 2.45) is 5.92 Å². The van der Waals surface area contributed by atoms with Crippen molar-refractivity contribution in [3.8, 4) is 0 Å². The molecule has 1 amide bonds. The zero-order chi connectivity index (χ0) is 20.1. The molecule has 1 heterocycles. The summed E-state index contributed by atoms with van der Waals surface area (Å²) in [6.45, 7) is 6.73. The molecule has 0 aliphatic heterocycles. The van der Waals surface area contributed by atoms with Gasteiger partial charge in [-0.3, -0.25) is 14.2 Å². The van der Waals surface area contributed by atoms with Gasteiger partial charge in [0.25, 0.3) is 5.56 Å². The molecule has 3 rings (SSSR count). The van der Waals surface area contributed by atoms with Crippen LogP contribution in [0.3, 0.4) is 0 Å². The molecule has 0 fully saturated rings. The van der Waals surface area contributed by atoms with Crippen LogP contribution in [0.5, 0.6) is 0 Å². The van der Waals surface area contributed by atoms with Crippen molar-refractivity contribution >= 4 is 28.6 Å². The first-order chi connectivity index (χ1) is 13.5. The summed E-state index contributed by atoms with van der Waals surface area (Å²) >= 11 is 1.30. The van der Waals surface area contributed by atoms with Crippen LogP contribution in [-0.4, -0.2) is 27.8 Å². The Hall–Kier alpha value is -2.60. The molecule has 6 heteroatoms. The molecule has 0 unspecified atom stereocenters. The van der Waals surface area contributed by atoms with Gasteiger partial charge in [0.05, 0.1) is 22.7 Å². The number of para-hydroxylation sites is 1. The van der Waals surface area contributed by atoms with Crippen molar-refractivity contribution in [3.63, 3.8) is 0 Å². The molecule has 0 aliphatic rings. The highest BCUT2D eigenvalue weighted by Crippen LogP contribution is 2.24. The van der Waals surface area contributed by atoms with E-state index in [-0.39, 0.29) is 23.3 Å². The molecule has 146 valence electrons. The monoisotopic (exact) mass is 395 g/mol. The van der Waals surface area contributed by atoms with E-state index < -0.39 is 0 Å². The van der Waals surface area contributed by atoms with Gasteiger partial charge in [-0.25, -0.2) is 4.98 Å². The Kier molecular flexibility index (Phi) is 6.52. The van der Waals surface area contributed by atoms with Gasteiger partial charge in [0.2, 0.25) is 5.91 Å². The predicted octanol–water partition coefficient (Wildman–Crippen LogP) is 3.87. The average molecular weight is 396 g/mol. The number of carbonyl (C=O) groups excluding carboxylic acids is 1. The van der Waals surface area contributed by atoms with E-state index in [4.69, 9.17) is 4.98 Å². The van der Waals surface area contributed by atoms with Crippen molar-refractivity contribution in [3.05, 3.63) is 70.5 Å². The molecule has 1 aromatic heterocycles. The average Bonchev–Trinajstić information content (AvgIpc) is 2.71. The Balaban J connectivity index is 1.98. The van der Waals surface area contributed by atoms with Gasteiger partial charge in [0.15, 0.2) is 5.16 Å². The first-order valence-electron chi connectivity index (χ1n) is 9.43. The van der Waals surface area contributed by atoms with Gasteiger partial charge in [-0.1, -0.05) is 68.1 Å². The van der Waals surface area contributed by atoms with Crippen molar-refractivity contribution in [1.29, 1.82) is 0 Å². The number of nitrogens with one attached hydrogen (secondary N) is 1. The van der Waals surface area contributed by atoms with Crippen LogP contribution in [0.25, 0.3) is 10.9 Å². The molecule has 1 atom stereocenters. The number of benzene rings is 2. The first-order valence-corrected chi connectivity index (χ1v) is 10.4. The highest BCUT2D eigenvalue weighted by atomic mass is 32.2. The normalized spacial score (nSPS) is 12.3. The van der Waals surface area contributed by atoms with Gasteiger partial charge in [-0.05, 0) is 30.5 Å². The first kappa shape index (κ1) is 20.1. The highest BCUT2D eigenvalue weighted by Gasteiger charge is 2.18.